The second kappa shape index (κ2) is 5.84. The molecule has 0 unspecified atom stereocenters. The molecule has 0 rings (SSSR count). The molecule has 0 atom stereocenters. The number of ketones is 1. The number of carbonyl (C=O) groups is 2. The van der Waals surface area contributed by atoms with Gasteiger partial charge in [-0.2, -0.15) is 0 Å². The van der Waals surface area contributed by atoms with Crippen LogP contribution >= 0.6 is 0 Å². The SMILES string of the molecule is CCOC(=O)/C(C(C)=O)=C(\C)O[Si](C)(C)C. The Hall–Kier alpha value is -1.10. The van der Waals surface area contributed by atoms with Gasteiger partial charge in [0.1, 0.15) is 5.57 Å². The van der Waals surface area contributed by atoms with E-state index in [1.54, 1.807) is 13.8 Å². The van der Waals surface area contributed by atoms with Crippen LogP contribution < -0.4 is 0 Å². The Morgan fingerprint density at radius 1 is 1.12 bits per heavy atom. The lowest BCUT2D eigenvalue weighted by atomic mass is 10.1. The maximum Gasteiger partial charge on any atom is 0.345 e. The number of esters is 1. The summed E-state index contributed by atoms with van der Waals surface area (Å²) in [6.45, 7) is 10.9. The lowest BCUT2D eigenvalue weighted by molar-refractivity contribution is -0.140. The third kappa shape index (κ3) is 5.11. The minimum Gasteiger partial charge on any atom is -0.547 e. The summed E-state index contributed by atoms with van der Waals surface area (Å²) in [5.41, 5.74) is 0.0178. The fraction of sp³-hybridized carbons (Fsp3) is 0.636. The molecule has 0 aliphatic rings. The number of hydrogen-bond donors (Lipinski definition) is 0. The molecule has 5 heteroatoms. The predicted octanol–water partition coefficient (Wildman–Crippen LogP) is 2.26. The van der Waals surface area contributed by atoms with E-state index >= 15 is 0 Å². The van der Waals surface area contributed by atoms with Gasteiger partial charge >= 0.3 is 5.97 Å². The lowest BCUT2D eigenvalue weighted by Gasteiger charge is -2.21. The van der Waals surface area contributed by atoms with E-state index in [0.717, 1.165) is 0 Å². The van der Waals surface area contributed by atoms with Gasteiger partial charge in [0.05, 0.1) is 12.4 Å². The molecule has 0 saturated heterocycles. The van der Waals surface area contributed by atoms with Crippen LogP contribution in [0.5, 0.6) is 0 Å². The first-order valence-corrected chi connectivity index (χ1v) is 8.67. The van der Waals surface area contributed by atoms with Crippen molar-refractivity contribution >= 4 is 20.1 Å². The molecule has 92 valence electrons. The third-order valence-corrected chi connectivity index (χ3v) is 2.56. The van der Waals surface area contributed by atoms with Crippen LogP contribution in [0.25, 0.3) is 0 Å². The summed E-state index contributed by atoms with van der Waals surface area (Å²) in [6, 6.07) is 0. The molecule has 0 aliphatic heterocycles. The van der Waals surface area contributed by atoms with Gasteiger partial charge < -0.3 is 9.16 Å². The summed E-state index contributed by atoms with van der Waals surface area (Å²) in [5.74, 6) is -0.565. The fourth-order valence-electron chi connectivity index (χ4n) is 1.25. The first-order valence-electron chi connectivity index (χ1n) is 5.27. The van der Waals surface area contributed by atoms with E-state index in [2.05, 4.69) is 0 Å². The highest BCUT2D eigenvalue weighted by atomic mass is 28.4. The number of Topliss-reactive ketones (excluding diaryl/α,β-unsaturated/α-hetero) is 1. The second-order valence-electron chi connectivity index (χ2n) is 4.42. The normalized spacial score (nSPS) is 12.9. The number of carbonyl (C=O) groups excluding carboxylic acids is 2. The monoisotopic (exact) mass is 244 g/mol. The predicted molar refractivity (Wildman–Crippen MR) is 64.4 cm³/mol. The smallest absolute Gasteiger partial charge is 0.345 e. The molecule has 0 spiro atoms. The third-order valence-electron chi connectivity index (χ3n) is 1.64. The van der Waals surface area contributed by atoms with E-state index < -0.39 is 14.3 Å². The molecule has 0 saturated carbocycles. The fourth-order valence-corrected chi connectivity index (χ4v) is 2.27. The van der Waals surface area contributed by atoms with Crippen LogP contribution in [0.2, 0.25) is 19.6 Å². The highest BCUT2D eigenvalue weighted by Gasteiger charge is 2.24. The minimum absolute atomic E-state index is 0.0178. The van der Waals surface area contributed by atoms with Crippen molar-refractivity contribution in [3.63, 3.8) is 0 Å². The number of ether oxygens (including phenoxy) is 1. The zero-order valence-corrected chi connectivity index (χ0v) is 11.8. The van der Waals surface area contributed by atoms with Crippen LogP contribution in [0.3, 0.4) is 0 Å². The van der Waals surface area contributed by atoms with E-state index in [0.29, 0.717) is 5.76 Å². The number of rotatable bonds is 5. The van der Waals surface area contributed by atoms with Gasteiger partial charge in [-0.25, -0.2) is 4.79 Å². The average molecular weight is 244 g/mol. The zero-order chi connectivity index (χ0) is 12.9. The molecule has 4 nitrogen and oxygen atoms in total. The van der Waals surface area contributed by atoms with Gasteiger partial charge in [0.15, 0.2) is 5.78 Å². The second-order valence-corrected chi connectivity index (χ2v) is 8.85. The Bertz CT molecular complexity index is 312. The van der Waals surface area contributed by atoms with Crippen molar-refractivity contribution in [3.05, 3.63) is 11.3 Å². The molecule has 0 fully saturated rings. The highest BCUT2D eigenvalue weighted by Crippen LogP contribution is 2.15. The lowest BCUT2D eigenvalue weighted by Crippen LogP contribution is -2.27. The van der Waals surface area contributed by atoms with E-state index in [4.69, 9.17) is 9.16 Å². The Morgan fingerprint density at radius 2 is 1.62 bits per heavy atom. The van der Waals surface area contributed by atoms with Gasteiger partial charge in [-0.3, -0.25) is 4.79 Å². The molecule has 0 radical (unpaired) electrons. The topological polar surface area (TPSA) is 52.6 Å². The zero-order valence-electron chi connectivity index (χ0n) is 10.8. The van der Waals surface area contributed by atoms with Crippen molar-refractivity contribution in [2.45, 2.75) is 40.4 Å². The van der Waals surface area contributed by atoms with Gasteiger partial charge in [0, 0.05) is 0 Å². The Kier molecular flexibility index (Phi) is 5.44. The molecular formula is C11H20O4Si. The summed E-state index contributed by atoms with van der Waals surface area (Å²) in [6.07, 6.45) is 0. The minimum atomic E-state index is -1.82. The van der Waals surface area contributed by atoms with Crippen LogP contribution in [0, 0.1) is 0 Å². The molecule has 0 amide bonds. The quantitative estimate of drug-likeness (QED) is 0.186. The van der Waals surface area contributed by atoms with Crippen molar-refractivity contribution in [2.75, 3.05) is 6.61 Å². The molecule has 16 heavy (non-hydrogen) atoms. The summed E-state index contributed by atoms with van der Waals surface area (Å²) in [5, 5.41) is 0. The maximum absolute atomic E-state index is 11.5. The average Bonchev–Trinajstić information content (AvgIpc) is 1.99. The van der Waals surface area contributed by atoms with E-state index in [1.165, 1.54) is 6.92 Å². The van der Waals surface area contributed by atoms with Gasteiger partial charge in [-0.05, 0) is 40.4 Å². The maximum atomic E-state index is 11.5. The summed E-state index contributed by atoms with van der Waals surface area (Å²) < 4.78 is 10.4. The molecule has 0 aromatic carbocycles. The van der Waals surface area contributed by atoms with Crippen LogP contribution in [-0.4, -0.2) is 26.7 Å². The van der Waals surface area contributed by atoms with Crippen molar-refractivity contribution < 1.29 is 18.8 Å². The Labute approximate surface area is 97.8 Å². The van der Waals surface area contributed by atoms with Crippen molar-refractivity contribution in [2.24, 2.45) is 0 Å². The Balaban J connectivity index is 5.09. The molecular weight excluding hydrogens is 224 g/mol. The summed E-state index contributed by atoms with van der Waals surface area (Å²) >= 11 is 0. The van der Waals surface area contributed by atoms with Crippen molar-refractivity contribution in [1.29, 1.82) is 0 Å². The standard InChI is InChI=1S/C11H20O4Si/c1-7-14-11(13)10(8(2)12)9(3)15-16(4,5)6/h7H2,1-6H3/b10-9+. The molecule has 0 aromatic heterocycles. The van der Waals surface area contributed by atoms with Gasteiger partial charge in [0.2, 0.25) is 8.32 Å². The number of allylic oxidation sites excluding steroid dienone is 1. The molecule has 0 aromatic rings. The largest absolute Gasteiger partial charge is 0.547 e. The van der Waals surface area contributed by atoms with E-state index in [9.17, 15) is 9.59 Å². The van der Waals surface area contributed by atoms with Gasteiger partial charge in [-0.15, -0.1) is 0 Å². The van der Waals surface area contributed by atoms with E-state index in [1.807, 2.05) is 19.6 Å². The Morgan fingerprint density at radius 3 is 1.94 bits per heavy atom. The van der Waals surface area contributed by atoms with Crippen molar-refractivity contribution in [3.8, 4) is 0 Å². The van der Waals surface area contributed by atoms with Crippen LogP contribution in [0.15, 0.2) is 11.3 Å². The molecule has 0 heterocycles. The number of hydrogen-bond acceptors (Lipinski definition) is 4. The first kappa shape index (κ1) is 14.9. The molecule has 0 N–H and O–H groups in total. The van der Waals surface area contributed by atoms with E-state index in [-0.39, 0.29) is 18.0 Å². The summed E-state index contributed by atoms with van der Waals surface area (Å²) in [7, 11) is -1.82. The van der Waals surface area contributed by atoms with Gasteiger partial charge in [-0.1, -0.05) is 0 Å². The molecule has 0 aliphatic carbocycles. The summed E-state index contributed by atoms with van der Waals surface area (Å²) in [4.78, 5) is 22.9. The highest BCUT2D eigenvalue weighted by molar-refractivity contribution is 6.70. The van der Waals surface area contributed by atoms with Crippen LogP contribution in [0.1, 0.15) is 20.8 Å². The van der Waals surface area contributed by atoms with Crippen molar-refractivity contribution in [1.82, 2.24) is 0 Å². The van der Waals surface area contributed by atoms with Gasteiger partial charge in [0.25, 0.3) is 0 Å². The van der Waals surface area contributed by atoms with Crippen LogP contribution in [-0.2, 0) is 18.8 Å². The first-order chi connectivity index (χ1) is 7.19. The molecule has 0 bridgehead atoms. The van der Waals surface area contributed by atoms with Crippen LogP contribution in [0.4, 0.5) is 0 Å².